The molecule has 1 aliphatic rings. The molecule has 0 aromatic carbocycles. The highest BCUT2D eigenvalue weighted by molar-refractivity contribution is 7.47. The van der Waals surface area contributed by atoms with E-state index < -0.39 is 89.6 Å². The molecule has 0 amide bonds. The fourth-order valence-corrected chi connectivity index (χ4v) is 8.06. The van der Waals surface area contributed by atoms with Crippen LogP contribution in [0.3, 0.4) is 0 Å². The molecule has 0 aromatic heterocycles. The number of carbonyl (C=O) groups is 2. The van der Waals surface area contributed by atoms with Gasteiger partial charge < -0.3 is 49.7 Å². The van der Waals surface area contributed by atoms with Crippen molar-refractivity contribution < 1.29 is 82.0 Å². The van der Waals surface area contributed by atoms with E-state index in [2.05, 4.69) is 54.8 Å². The van der Waals surface area contributed by atoms with Crippen LogP contribution in [-0.4, -0.2) is 114 Å². The second-order valence-corrected chi connectivity index (χ2v) is 18.9. The zero-order valence-electron chi connectivity index (χ0n) is 39.9. The average Bonchev–Trinajstić information content (AvgIpc) is 3.29. The zero-order chi connectivity index (χ0) is 50.5. The van der Waals surface area contributed by atoms with Gasteiger partial charge in [-0.2, -0.15) is 0 Å². The highest BCUT2D eigenvalue weighted by Gasteiger charge is 2.54. The van der Waals surface area contributed by atoms with Gasteiger partial charge in [0, 0.05) is 12.8 Å². The first-order valence-electron chi connectivity index (χ1n) is 23.9. The van der Waals surface area contributed by atoms with Crippen molar-refractivity contribution in [3.63, 3.8) is 0 Å². The molecule has 6 unspecified atom stereocenters. The van der Waals surface area contributed by atoms with E-state index in [-0.39, 0.29) is 19.3 Å². The second-order valence-electron chi connectivity index (χ2n) is 16.3. The van der Waals surface area contributed by atoms with Gasteiger partial charge in [0.25, 0.3) is 0 Å². The monoisotopic (exact) mass is 1000 g/mol. The molecule has 0 heterocycles. The predicted octanol–water partition coefficient (Wildman–Crippen LogP) is 8.14. The first-order chi connectivity index (χ1) is 32.5. The van der Waals surface area contributed by atoms with Crippen LogP contribution in [0.4, 0.5) is 0 Å². The minimum absolute atomic E-state index is 0.0730. The van der Waals surface area contributed by atoms with Crippen molar-refractivity contribution in [3.05, 3.63) is 97.2 Å². The molecule has 0 spiro atoms. The number of aliphatic hydroxyl groups is 5. The number of ether oxygens (including phenoxy) is 2. The fraction of sp³-hybridized carbons (Fsp3) is 0.633. The van der Waals surface area contributed by atoms with Gasteiger partial charge in [0.05, 0.1) is 12.7 Å². The van der Waals surface area contributed by atoms with Gasteiger partial charge in [0.1, 0.15) is 43.2 Å². The van der Waals surface area contributed by atoms with E-state index in [1.54, 1.807) is 18.2 Å². The van der Waals surface area contributed by atoms with Crippen molar-refractivity contribution in [1.29, 1.82) is 0 Å². The Morgan fingerprint density at radius 1 is 0.559 bits per heavy atom. The highest BCUT2D eigenvalue weighted by Crippen LogP contribution is 2.49. The number of hydrogen-bond donors (Lipinski definition) is 8. The summed E-state index contributed by atoms with van der Waals surface area (Å²) in [7, 11) is -10.7. The summed E-state index contributed by atoms with van der Waals surface area (Å²) in [6.45, 7) is 2.82. The van der Waals surface area contributed by atoms with Gasteiger partial charge in [-0.3, -0.25) is 23.2 Å². The summed E-state index contributed by atoms with van der Waals surface area (Å²) in [5.41, 5.74) is 0. The first-order valence-corrected chi connectivity index (χ1v) is 26.9. The molecule has 1 rings (SSSR count). The van der Waals surface area contributed by atoms with Gasteiger partial charge in [-0.05, 0) is 77.0 Å². The smallest absolute Gasteiger partial charge is 0.462 e. The Hall–Kier alpha value is -3.12. The Labute approximate surface area is 403 Å². The van der Waals surface area contributed by atoms with Gasteiger partial charge in [-0.25, -0.2) is 9.13 Å². The van der Waals surface area contributed by atoms with Crippen molar-refractivity contribution in [2.45, 2.75) is 185 Å². The Bertz CT molecular complexity index is 1700. The van der Waals surface area contributed by atoms with Crippen molar-refractivity contribution in [1.82, 2.24) is 0 Å². The van der Waals surface area contributed by atoms with E-state index in [9.17, 15) is 58.9 Å². The summed E-state index contributed by atoms with van der Waals surface area (Å²) in [4.78, 5) is 54.3. The molecule has 1 fully saturated rings. The van der Waals surface area contributed by atoms with E-state index in [1.165, 1.54) is 19.3 Å². The molecule has 0 aliphatic heterocycles. The zero-order valence-corrected chi connectivity index (χ0v) is 41.6. The lowest BCUT2D eigenvalue weighted by molar-refractivity contribution is -0.216. The quantitative estimate of drug-likeness (QED) is 0.00953. The molecule has 8 N–H and O–H groups in total. The molecule has 0 bridgehead atoms. The molecule has 0 aromatic rings. The van der Waals surface area contributed by atoms with Crippen LogP contribution in [-0.2, 0) is 41.8 Å². The maximum Gasteiger partial charge on any atom is 0.472 e. The Balaban J connectivity index is 2.69. The third-order valence-corrected chi connectivity index (χ3v) is 11.7. The van der Waals surface area contributed by atoms with Crippen molar-refractivity contribution >= 4 is 27.6 Å². The molecule has 68 heavy (non-hydrogen) atoms. The van der Waals surface area contributed by atoms with Gasteiger partial charge >= 0.3 is 27.6 Å². The molecular weight excluding hydrogens is 922 g/mol. The molecule has 1 aliphatic carbocycles. The van der Waals surface area contributed by atoms with Crippen LogP contribution in [0.2, 0.25) is 0 Å². The number of phosphoric acid groups is 2. The SMILES string of the molecule is CC/C=C\C/C=C\CC(O)/C=C/C=C\C/C=C\C/C=C\CCC(=O)O[C@H](COC(=O)CCCCCCC/C=C\C/C=C\CCCCC)COP(=O)(O)O[C@H]1C(O)C(O)C(O)[C@@H](OP(=O)(O)O)C1O. The third kappa shape index (κ3) is 32.6. The van der Waals surface area contributed by atoms with Gasteiger partial charge in [0.15, 0.2) is 6.10 Å². The van der Waals surface area contributed by atoms with Gasteiger partial charge in [0.2, 0.25) is 0 Å². The van der Waals surface area contributed by atoms with Gasteiger partial charge in [-0.1, -0.05) is 143 Å². The summed E-state index contributed by atoms with van der Waals surface area (Å²) < 4.78 is 49.2. The number of rotatable bonds is 38. The van der Waals surface area contributed by atoms with Crippen LogP contribution >= 0.6 is 15.6 Å². The van der Waals surface area contributed by atoms with Crippen LogP contribution in [0.5, 0.6) is 0 Å². The number of phosphoric ester groups is 2. The molecule has 0 saturated heterocycles. The lowest BCUT2D eigenvalue weighted by Gasteiger charge is -2.43. The maximum atomic E-state index is 13.0. The normalized spacial score (nSPS) is 22.6. The lowest BCUT2D eigenvalue weighted by atomic mass is 9.85. The summed E-state index contributed by atoms with van der Waals surface area (Å²) in [5.74, 6) is -1.36. The maximum absolute atomic E-state index is 13.0. The van der Waals surface area contributed by atoms with Crippen LogP contribution in [0.1, 0.15) is 136 Å². The largest absolute Gasteiger partial charge is 0.472 e. The molecule has 17 nitrogen and oxygen atoms in total. The predicted molar refractivity (Wildman–Crippen MR) is 261 cm³/mol. The van der Waals surface area contributed by atoms with E-state index in [1.807, 2.05) is 42.5 Å². The van der Waals surface area contributed by atoms with E-state index in [0.29, 0.717) is 25.7 Å². The highest BCUT2D eigenvalue weighted by atomic mass is 31.2. The van der Waals surface area contributed by atoms with E-state index >= 15 is 0 Å². The van der Waals surface area contributed by atoms with E-state index in [4.69, 9.17) is 18.5 Å². The lowest BCUT2D eigenvalue weighted by Crippen LogP contribution is -2.64. The Kier molecular flexibility index (Phi) is 35.7. The summed E-state index contributed by atoms with van der Waals surface area (Å²) in [5, 5.41) is 51.3. The number of hydrogen-bond acceptors (Lipinski definition) is 14. The minimum Gasteiger partial charge on any atom is -0.462 e. The van der Waals surface area contributed by atoms with Crippen molar-refractivity contribution in [2.24, 2.45) is 0 Å². The minimum atomic E-state index is -5.39. The molecule has 388 valence electrons. The first kappa shape index (κ1) is 62.9. The number of carbonyl (C=O) groups excluding carboxylic acids is 2. The van der Waals surface area contributed by atoms with Crippen LogP contribution < -0.4 is 0 Å². The molecule has 1 saturated carbocycles. The second kappa shape index (κ2) is 38.6. The number of allylic oxidation sites excluding steroid dienone is 14. The summed E-state index contributed by atoms with van der Waals surface area (Å²) >= 11 is 0. The van der Waals surface area contributed by atoms with Crippen molar-refractivity contribution in [2.75, 3.05) is 13.2 Å². The fourth-order valence-electron chi connectivity index (χ4n) is 6.52. The Morgan fingerprint density at radius 2 is 1.10 bits per heavy atom. The standard InChI is InChI=1S/C49H80O17P2/c1-3-5-7-9-11-12-13-14-15-16-17-21-24-28-32-36-42(51)62-38-41(39-63-68(60,61)66-49-46(55)44(53)45(54)48(47(49)56)65-67(57,58)59)64-43(52)37-33-29-25-22-19-18-20-23-27-31-35-40(50)34-30-26-10-8-6-4-2/h6,8,11-12,14-15,18-19,23,25-27,29-31,35,40-41,44-50,53-56H,3-5,7,9-10,13,16-17,20-22,24,28,32-34,36-39H2,1-2H3,(H,60,61)(H2,57,58,59)/b8-6-,12-11-,15-14-,19-18-,27-23-,29-25-,30-26-,35-31+/t40?,41-,44?,45?,46?,47?,48-,49+/m1/s1. The number of aliphatic hydroxyl groups excluding tert-OH is 5. The van der Waals surface area contributed by atoms with Crippen LogP contribution in [0.25, 0.3) is 0 Å². The summed E-state index contributed by atoms with van der Waals surface area (Å²) in [6, 6.07) is 0. The van der Waals surface area contributed by atoms with Crippen LogP contribution in [0, 0.1) is 0 Å². The van der Waals surface area contributed by atoms with Gasteiger partial charge in [-0.15, -0.1) is 0 Å². The number of esters is 2. The topological polar surface area (TPSA) is 276 Å². The Morgan fingerprint density at radius 3 is 1.74 bits per heavy atom. The third-order valence-electron chi connectivity index (χ3n) is 10.2. The number of unbranched alkanes of at least 4 members (excludes halogenated alkanes) is 8. The van der Waals surface area contributed by atoms with Crippen LogP contribution in [0.15, 0.2) is 97.2 Å². The molecule has 19 heteroatoms. The van der Waals surface area contributed by atoms with E-state index in [0.717, 1.165) is 57.8 Å². The summed E-state index contributed by atoms with van der Waals surface area (Å²) in [6.07, 6.45) is 31.1. The molecule has 0 radical (unpaired) electrons. The molecule has 9 atom stereocenters. The molecular formula is C49H80O17P2. The average molecular weight is 1000 g/mol. The van der Waals surface area contributed by atoms with Crippen molar-refractivity contribution in [3.8, 4) is 0 Å².